The first-order chi connectivity index (χ1) is 14.7. The molecule has 4 aromatic rings. The fraction of sp³-hybridized carbons (Fsp3) is 0.259. The van der Waals surface area contributed by atoms with Gasteiger partial charge in [0.15, 0.2) is 0 Å². The molecule has 0 fully saturated rings. The Bertz CT molecular complexity index is 806. The van der Waals surface area contributed by atoms with Crippen LogP contribution in [0.2, 0.25) is 0 Å². The predicted molar refractivity (Wildman–Crippen MR) is 132 cm³/mol. The lowest BCUT2D eigenvalue weighted by molar-refractivity contribution is 1.04. The van der Waals surface area contributed by atoms with Gasteiger partial charge >= 0.3 is 0 Å². The summed E-state index contributed by atoms with van der Waals surface area (Å²) in [4.78, 5) is 9.37. The van der Waals surface area contributed by atoms with Gasteiger partial charge in [0.1, 0.15) is 0 Å². The molecule has 0 aliphatic heterocycles. The highest BCUT2D eigenvalue weighted by Gasteiger charge is 1.84. The number of benzene rings is 2. The minimum atomic E-state index is 1.03. The first-order valence-corrected chi connectivity index (χ1v) is 11.4. The van der Waals surface area contributed by atoms with Gasteiger partial charge in [-0.1, -0.05) is 93.1 Å². The first-order valence-electron chi connectivity index (χ1n) is 10.5. The zero-order chi connectivity index (χ0) is 21.9. The van der Waals surface area contributed by atoms with Crippen molar-refractivity contribution in [2.45, 2.75) is 47.0 Å². The van der Waals surface area contributed by atoms with Gasteiger partial charge in [0.05, 0.1) is 5.51 Å². The monoisotopic (exact) mass is 418 g/mol. The number of hydrogen-bond donors (Lipinski definition) is 0. The highest BCUT2D eigenvalue weighted by atomic mass is 32.1. The van der Waals surface area contributed by atoms with Crippen molar-refractivity contribution in [3.8, 4) is 0 Å². The molecule has 0 bridgehead atoms. The van der Waals surface area contributed by atoms with Crippen molar-refractivity contribution in [2.24, 2.45) is 0 Å². The Kier molecular flexibility index (Phi) is 14.4. The molecule has 0 N–H and O–H groups in total. The van der Waals surface area contributed by atoms with Gasteiger partial charge in [-0.2, -0.15) is 0 Å². The van der Waals surface area contributed by atoms with Gasteiger partial charge in [-0.3, -0.25) is 9.97 Å². The molecule has 3 heteroatoms. The molecule has 2 nitrogen and oxygen atoms in total. The average Bonchev–Trinajstić information content (AvgIpc) is 3.36. The molecule has 30 heavy (non-hydrogen) atoms. The topological polar surface area (TPSA) is 25.8 Å². The lowest BCUT2D eigenvalue weighted by Gasteiger charge is -1.89. The molecule has 0 amide bonds. The highest BCUT2D eigenvalue weighted by Crippen LogP contribution is 2.04. The van der Waals surface area contributed by atoms with Gasteiger partial charge in [0, 0.05) is 23.0 Å². The van der Waals surface area contributed by atoms with Crippen LogP contribution < -0.4 is 0 Å². The molecule has 0 aliphatic rings. The molecule has 0 saturated heterocycles. The summed E-state index contributed by atoms with van der Waals surface area (Å²) in [5.74, 6) is 0. The lowest BCUT2D eigenvalue weighted by Crippen LogP contribution is -1.81. The van der Waals surface area contributed by atoms with E-state index >= 15 is 0 Å². The summed E-state index contributed by atoms with van der Waals surface area (Å²) in [5.41, 5.74) is 5.75. The van der Waals surface area contributed by atoms with E-state index in [1.165, 1.54) is 16.0 Å². The standard InChI is InChI=1S/C8H10.C7H9N.C7H8.C5H7NS/c1-2-8-6-4-3-5-7-8;1-2-7-5-3-4-6-8-7;1-7-5-3-2-4-6-7;1-2-5-3-6-4-7-5/h3-7H,2H2,1H3;3-6H,2H2,1H3;2-6H,1H3;3-4H,2H2,1H3. The van der Waals surface area contributed by atoms with Crippen molar-refractivity contribution in [2.75, 3.05) is 0 Å². The fourth-order valence-electron chi connectivity index (χ4n) is 2.27. The molecule has 0 unspecified atom stereocenters. The van der Waals surface area contributed by atoms with Gasteiger partial charge in [0.2, 0.25) is 0 Å². The zero-order valence-electron chi connectivity index (χ0n) is 18.7. The Hall–Kier alpha value is -2.78. The van der Waals surface area contributed by atoms with E-state index in [9.17, 15) is 0 Å². The van der Waals surface area contributed by atoms with E-state index in [-0.39, 0.29) is 0 Å². The molecule has 4 rings (SSSR count). The Labute approximate surface area is 186 Å². The van der Waals surface area contributed by atoms with Crippen LogP contribution in [0.3, 0.4) is 0 Å². The van der Waals surface area contributed by atoms with E-state index < -0.39 is 0 Å². The van der Waals surface area contributed by atoms with Crippen molar-refractivity contribution >= 4 is 11.3 Å². The van der Waals surface area contributed by atoms with Crippen LogP contribution in [-0.2, 0) is 19.3 Å². The summed E-state index contributed by atoms with van der Waals surface area (Å²) in [6.07, 6.45) is 7.01. The summed E-state index contributed by atoms with van der Waals surface area (Å²) >= 11 is 1.71. The molecule has 0 saturated carbocycles. The van der Waals surface area contributed by atoms with Crippen molar-refractivity contribution < 1.29 is 0 Å². The van der Waals surface area contributed by atoms with Gasteiger partial charge < -0.3 is 0 Å². The highest BCUT2D eigenvalue weighted by molar-refractivity contribution is 7.09. The van der Waals surface area contributed by atoms with Crippen LogP contribution in [-0.4, -0.2) is 9.97 Å². The van der Waals surface area contributed by atoms with Crippen LogP contribution in [0.4, 0.5) is 0 Å². The second kappa shape index (κ2) is 17.1. The SMILES string of the molecule is CCc1ccccc1.CCc1ccccn1.CCc1cncs1.Cc1ccccc1. The largest absolute Gasteiger partial charge is 0.261 e. The summed E-state index contributed by atoms with van der Waals surface area (Å²) in [7, 11) is 0. The van der Waals surface area contributed by atoms with Gasteiger partial charge in [-0.05, 0) is 43.9 Å². The van der Waals surface area contributed by atoms with Gasteiger partial charge in [-0.25, -0.2) is 0 Å². The normalized spacial score (nSPS) is 9.07. The molecule has 2 aromatic carbocycles. The summed E-state index contributed by atoms with van der Waals surface area (Å²) < 4.78 is 0. The second-order valence-electron chi connectivity index (χ2n) is 6.49. The Balaban J connectivity index is 0.000000200. The van der Waals surface area contributed by atoms with Crippen LogP contribution in [0.15, 0.2) is 96.8 Å². The van der Waals surface area contributed by atoms with E-state index in [0.717, 1.165) is 25.0 Å². The summed E-state index contributed by atoms with van der Waals surface area (Å²) in [6, 6.07) is 26.7. The van der Waals surface area contributed by atoms with Crippen LogP contribution in [0.1, 0.15) is 42.5 Å². The quantitative estimate of drug-likeness (QED) is 0.342. The number of aromatic nitrogens is 2. The van der Waals surface area contributed by atoms with Crippen molar-refractivity contribution in [1.82, 2.24) is 9.97 Å². The summed E-state index contributed by atoms with van der Waals surface area (Å²) in [5, 5.41) is 0. The molecular formula is C27H34N2S. The second-order valence-corrected chi connectivity index (χ2v) is 7.46. The predicted octanol–water partition coefficient (Wildman–Crippen LogP) is 7.59. The van der Waals surface area contributed by atoms with Crippen molar-refractivity contribution in [1.29, 1.82) is 0 Å². The number of aryl methyl sites for hydroxylation is 4. The smallest absolute Gasteiger partial charge is 0.0794 e. The Morgan fingerprint density at radius 3 is 1.63 bits per heavy atom. The molecule has 0 spiro atoms. The maximum atomic E-state index is 4.10. The van der Waals surface area contributed by atoms with E-state index in [1.807, 2.05) is 60.4 Å². The van der Waals surface area contributed by atoms with Crippen LogP contribution in [0.5, 0.6) is 0 Å². The molecule has 2 heterocycles. The number of thiazole rings is 1. The van der Waals surface area contributed by atoms with Crippen LogP contribution in [0.25, 0.3) is 0 Å². The third-order valence-electron chi connectivity index (χ3n) is 4.11. The number of nitrogens with zero attached hydrogens (tertiary/aromatic N) is 2. The molecule has 0 radical (unpaired) electrons. The van der Waals surface area contributed by atoms with E-state index in [2.05, 4.69) is 74.1 Å². The van der Waals surface area contributed by atoms with E-state index in [0.29, 0.717) is 0 Å². The number of hydrogen-bond acceptors (Lipinski definition) is 3. The minimum Gasteiger partial charge on any atom is -0.261 e. The molecular weight excluding hydrogens is 384 g/mol. The molecule has 2 aromatic heterocycles. The third kappa shape index (κ3) is 12.6. The molecule has 158 valence electrons. The van der Waals surface area contributed by atoms with Crippen LogP contribution in [0, 0.1) is 6.92 Å². The Morgan fingerprint density at radius 2 is 1.33 bits per heavy atom. The van der Waals surface area contributed by atoms with E-state index in [4.69, 9.17) is 0 Å². The maximum Gasteiger partial charge on any atom is 0.0794 e. The van der Waals surface area contributed by atoms with E-state index in [1.54, 1.807) is 11.3 Å². The summed E-state index contributed by atoms with van der Waals surface area (Å²) in [6.45, 7) is 8.48. The average molecular weight is 419 g/mol. The lowest BCUT2D eigenvalue weighted by atomic mass is 10.2. The third-order valence-corrected chi connectivity index (χ3v) is 5.04. The van der Waals surface area contributed by atoms with Gasteiger partial charge in [-0.15, -0.1) is 11.3 Å². The number of pyridine rings is 1. The molecule has 0 aliphatic carbocycles. The van der Waals surface area contributed by atoms with Crippen molar-refractivity contribution in [3.05, 3.63) is 118 Å². The maximum absolute atomic E-state index is 4.10. The molecule has 0 atom stereocenters. The first kappa shape index (κ1) is 25.3. The fourth-order valence-corrected chi connectivity index (χ4v) is 2.82. The Morgan fingerprint density at radius 1 is 0.700 bits per heavy atom. The van der Waals surface area contributed by atoms with Gasteiger partial charge in [0.25, 0.3) is 0 Å². The zero-order valence-corrected chi connectivity index (χ0v) is 19.5. The number of rotatable bonds is 3. The van der Waals surface area contributed by atoms with Crippen LogP contribution >= 0.6 is 11.3 Å². The van der Waals surface area contributed by atoms with Crippen molar-refractivity contribution in [3.63, 3.8) is 0 Å². The minimum absolute atomic E-state index is 1.03.